The van der Waals surface area contributed by atoms with Gasteiger partial charge < -0.3 is 15.3 Å². The van der Waals surface area contributed by atoms with Crippen molar-refractivity contribution in [2.24, 2.45) is 5.92 Å². The van der Waals surface area contributed by atoms with Gasteiger partial charge in [0.15, 0.2) is 0 Å². The van der Waals surface area contributed by atoms with Gasteiger partial charge in [0.1, 0.15) is 0 Å². The molecule has 0 spiro atoms. The number of carbonyl (C=O) groups excluding carboxylic acids is 1. The monoisotopic (exact) mass is 285 g/mol. The molecule has 2 heterocycles. The molecule has 3 rings (SSSR count). The summed E-state index contributed by atoms with van der Waals surface area (Å²) in [5, 5.41) is 12.7. The number of fused-ring (bicyclic) bond motifs is 1. The molecule has 0 radical (unpaired) electrons. The Morgan fingerprint density at radius 1 is 1.29 bits per heavy atom. The lowest BCUT2D eigenvalue weighted by molar-refractivity contribution is -0.119. The number of hydrogen-bond acceptors (Lipinski definition) is 3. The van der Waals surface area contributed by atoms with Crippen molar-refractivity contribution in [3.05, 3.63) is 36.5 Å². The van der Waals surface area contributed by atoms with Crippen LogP contribution >= 0.6 is 0 Å². The summed E-state index contributed by atoms with van der Waals surface area (Å²) in [7, 11) is 0. The van der Waals surface area contributed by atoms with Gasteiger partial charge in [-0.25, -0.2) is 4.79 Å². The SMILES string of the molecule is O=C(Nc1cccc2cccnc12)[C@@H]1CCN(C(=O)O)C1. The highest BCUT2D eigenvalue weighted by atomic mass is 16.4. The molecule has 108 valence electrons. The summed E-state index contributed by atoms with van der Waals surface area (Å²) in [4.78, 5) is 28.7. The molecule has 1 aromatic carbocycles. The molecule has 6 heteroatoms. The summed E-state index contributed by atoms with van der Waals surface area (Å²) in [5.74, 6) is -0.461. The van der Waals surface area contributed by atoms with Crippen LogP contribution in [0.3, 0.4) is 0 Å². The second kappa shape index (κ2) is 5.40. The fourth-order valence-electron chi connectivity index (χ4n) is 2.59. The molecule has 0 unspecified atom stereocenters. The lowest BCUT2D eigenvalue weighted by Gasteiger charge is -2.13. The fraction of sp³-hybridized carbons (Fsp3) is 0.267. The fourth-order valence-corrected chi connectivity index (χ4v) is 2.59. The summed E-state index contributed by atoms with van der Waals surface area (Å²) in [6.07, 6.45) is 1.26. The molecule has 2 aromatic rings. The number of anilines is 1. The Bertz CT molecular complexity index is 696. The van der Waals surface area contributed by atoms with E-state index in [2.05, 4.69) is 10.3 Å². The first-order valence-corrected chi connectivity index (χ1v) is 6.77. The number of amides is 2. The van der Waals surface area contributed by atoms with Crippen LogP contribution in [0.1, 0.15) is 6.42 Å². The van der Waals surface area contributed by atoms with E-state index in [4.69, 9.17) is 5.11 Å². The number of carbonyl (C=O) groups is 2. The largest absolute Gasteiger partial charge is 0.465 e. The number of para-hydroxylation sites is 1. The number of nitrogens with one attached hydrogen (secondary N) is 1. The van der Waals surface area contributed by atoms with Gasteiger partial charge in [0.05, 0.1) is 17.1 Å². The number of rotatable bonds is 2. The molecular formula is C15H15N3O3. The van der Waals surface area contributed by atoms with Crippen LogP contribution in [-0.4, -0.2) is 40.1 Å². The highest BCUT2D eigenvalue weighted by molar-refractivity contribution is 6.01. The molecule has 1 aliphatic rings. The Morgan fingerprint density at radius 2 is 2.10 bits per heavy atom. The van der Waals surface area contributed by atoms with Crippen LogP contribution < -0.4 is 5.32 Å². The topological polar surface area (TPSA) is 82.5 Å². The van der Waals surface area contributed by atoms with Crippen LogP contribution in [0.2, 0.25) is 0 Å². The Kier molecular flexibility index (Phi) is 3.43. The van der Waals surface area contributed by atoms with Crippen molar-refractivity contribution in [3.63, 3.8) is 0 Å². The molecule has 1 saturated heterocycles. The predicted molar refractivity (Wildman–Crippen MR) is 78.1 cm³/mol. The lowest BCUT2D eigenvalue weighted by atomic mass is 10.1. The highest BCUT2D eigenvalue weighted by Crippen LogP contribution is 2.23. The summed E-state index contributed by atoms with van der Waals surface area (Å²) in [5.41, 5.74) is 1.40. The van der Waals surface area contributed by atoms with Crippen molar-refractivity contribution >= 4 is 28.6 Å². The quantitative estimate of drug-likeness (QED) is 0.886. The first-order valence-electron chi connectivity index (χ1n) is 6.77. The van der Waals surface area contributed by atoms with Crippen LogP contribution in [0.15, 0.2) is 36.5 Å². The number of likely N-dealkylation sites (tertiary alicyclic amines) is 1. The minimum atomic E-state index is -0.975. The van der Waals surface area contributed by atoms with Crippen molar-refractivity contribution in [1.82, 2.24) is 9.88 Å². The average molecular weight is 285 g/mol. The molecule has 2 N–H and O–H groups in total. The molecule has 2 amide bonds. The van der Waals surface area contributed by atoms with Gasteiger partial charge in [-0.1, -0.05) is 18.2 Å². The summed E-state index contributed by atoms with van der Waals surface area (Å²) >= 11 is 0. The van der Waals surface area contributed by atoms with Gasteiger partial charge in [0.2, 0.25) is 5.91 Å². The number of pyridine rings is 1. The molecule has 21 heavy (non-hydrogen) atoms. The second-order valence-electron chi connectivity index (χ2n) is 5.08. The summed E-state index contributed by atoms with van der Waals surface area (Å²) in [6, 6.07) is 9.37. The van der Waals surface area contributed by atoms with Gasteiger partial charge >= 0.3 is 6.09 Å². The van der Waals surface area contributed by atoms with E-state index >= 15 is 0 Å². The van der Waals surface area contributed by atoms with E-state index in [-0.39, 0.29) is 18.4 Å². The normalized spacial score (nSPS) is 17.9. The first kappa shape index (κ1) is 13.4. The average Bonchev–Trinajstić information content (AvgIpc) is 2.98. The summed E-state index contributed by atoms with van der Waals surface area (Å²) in [6.45, 7) is 0.653. The second-order valence-corrected chi connectivity index (χ2v) is 5.08. The zero-order valence-electron chi connectivity index (χ0n) is 11.3. The van der Waals surface area contributed by atoms with Crippen LogP contribution in [0.4, 0.5) is 10.5 Å². The third-order valence-corrected chi connectivity index (χ3v) is 3.72. The minimum Gasteiger partial charge on any atom is -0.465 e. The highest BCUT2D eigenvalue weighted by Gasteiger charge is 2.31. The molecule has 1 aromatic heterocycles. The van der Waals surface area contributed by atoms with Crippen LogP contribution in [0, 0.1) is 5.92 Å². The van der Waals surface area contributed by atoms with Crippen molar-refractivity contribution in [3.8, 4) is 0 Å². The third kappa shape index (κ3) is 2.65. The molecule has 6 nitrogen and oxygen atoms in total. The van der Waals surface area contributed by atoms with Gasteiger partial charge in [-0.15, -0.1) is 0 Å². The Hall–Kier alpha value is -2.63. The van der Waals surface area contributed by atoms with Crippen LogP contribution in [0.25, 0.3) is 10.9 Å². The zero-order chi connectivity index (χ0) is 14.8. The number of aromatic nitrogens is 1. The molecule has 1 aliphatic heterocycles. The van der Waals surface area contributed by atoms with E-state index in [1.807, 2.05) is 24.3 Å². The Balaban J connectivity index is 1.77. The number of nitrogens with zero attached hydrogens (tertiary/aromatic N) is 2. The van der Waals surface area contributed by atoms with Gasteiger partial charge in [-0.05, 0) is 18.6 Å². The van der Waals surface area contributed by atoms with Crippen molar-refractivity contribution in [2.75, 3.05) is 18.4 Å². The van der Waals surface area contributed by atoms with E-state index < -0.39 is 6.09 Å². The smallest absolute Gasteiger partial charge is 0.407 e. The van der Waals surface area contributed by atoms with Gasteiger partial charge in [0, 0.05) is 24.7 Å². The first-order chi connectivity index (χ1) is 10.1. The maximum absolute atomic E-state index is 12.3. The van der Waals surface area contributed by atoms with Crippen molar-refractivity contribution in [2.45, 2.75) is 6.42 Å². The van der Waals surface area contributed by atoms with Crippen molar-refractivity contribution < 1.29 is 14.7 Å². The van der Waals surface area contributed by atoms with E-state index in [0.29, 0.717) is 18.7 Å². The Morgan fingerprint density at radius 3 is 2.86 bits per heavy atom. The van der Waals surface area contributed by atoms with Gasteiger partial charge in [-0.2, -0.15) is 0 Å². The number of hydrogen-bond donors (Lipinski definition) is 2. The van der Waals surface area contributed by atoms with Crippen LogP contribution in [-0.2, 0) is 4.79 Å². The van der Waals surface area contributed by atoms with E-state index in [1.165, 1.54) is 4.90 Å². The minimum absolute atomic E-state index is 0.156. The third-order valence-electron chi connectivity index (χ3n) is 3.72. The molecule has 0 aliphatic carbocycles. The van der Waals surface area contributed by atoms with Crippen molar-refractivity contribution in [1.29, 1.82) is 0 Å². The summed E-state index contributed by atoms with van der Waals surface area (Å²) < 4.78 is 0. The van der Waals surface area contributed by atoms with Gasteiger partial charge in [0.25, 0.3) is 0 Å². The molecule has 1 atom stereocenters. The Labute approximate surface area is 121 Å². The van der Waals surface area contributed by atoms with E-state index in [0.717, 1.165) is 10.9 Å². The number of carboxylic acid groups (broad SMARTS) is 1. The maximum atomic E-state index is 12.3. The standard InChI is InChI=1S/C15H15N3O3/c19-14(11-6-8-18(9-11)15(20)21)17-12-5-1-3-10-4-2-7-16-13(10)12/h1-5,7,11H,6,8-9H2,(H,17,19)(H,20,21)/t11-/m1/s1. The van der Waals surface area contributed by atoms with E-state index in [9.17, 15) is 9.59 Å². The predicted octanol–water partition coefficient (Wildman–Crippen LogP) is 2.17. The van der Waals surface area contributed by atoms with Gasteiger partial charge in [-0.3, -0.25) is 9.78 Å². The molecule has 1 fully saturated rings. The van der Waals surface area contributed by atoms with E-state index in [1.54, 1.807) is 12.3 Å². The lowest BCUT2D eigenvalue weighted by Crippen LogP contribution is -2.30. The molecule has 0 bridgehead atoms. The maximum Gasteiger partial charge on any atom is 0.407 e. The molecule has 0 saturated carbocycles. The molecular weight excluding hydrogens is 270 g/mol. The zero-order valence-corrected chi connectivity index (χ0v) is 11.3. The van der Waals surface area contributed by atoms with Crippen LogP contribution in [0.5, 0.6) is 0 Å². The number of benzene rings is 1.